The third-order valence-corrected chi connectivity index (χ3v) is 3.20. The molecule has 0 spiro atoms. The average molecular weight is 236 g/mol. The van der Waals surface area contributed by atoms with Gasteiger partial charge in [-0.25, -0.2) is 0 Å². The lowest BCUT2D eigenvalue weighted by molar-refractivity contribution is 0.0441. The van der Waals surface area contributed by atoms with E-state index in [4.69, 9.17) is 5.11 Å². The quantitative estimate of drug-likeness (QED) is 0.796. The van der Waals surface area contributed by atoms with Crippen LogP contribution in [0, 0.1) is 5.92 Å². The standard InChI is InChI=1S/C15H24O2/c1-12(2)5-4-10-15(3,17)14-8-6-13(11-16)7-9-14/h6-9,12,16-17H,4-5,10-11H2,1-3H3. The minimum absolute atomic E-state index is 0.0514. The number of rotatable bonds is 6. The van der Waals surface area contributed by atoms with Gasteiger partial charge in [0.05, 0.1) is 12.2 Å². The van der Waals surface area contributed by atoms with Crippen LogP contribution in [-0.2, 0) is 12.2 Å². The van der Waals surface area contributed by atoms with Crippen LogP contribution in [0.25, 0.3) is 0 Å². The molecule has 0 aromatic heterocycles. The molecule has 0 fully saturated rings. The van der Waals surface area contributed by atoms with Crippen LogP contribution in [-0.4, -0.2) is 10.2 Å². The van der Waals surface area contributed by atoms with Gasteiger partial charge in [0.25, 0.3) is 0 Å². The molecule has 0 bridgehead atoms. The van der Waals surface area contributed by atoms with Gasteiger partial charge in [0, 0.05) is 0 Å². The van der Waals surface area contributed by atoms with Gasteiger partial charge in [-0.05, 0) is 36.8 Å². The Hall–Kier alpha value is -0.860. The van der Waals surface area contributed by atoms with Crippen LogP contribution in [0.4, 0.5) is 0 Å². The van der Waals surface area contributed by atoms with E-state index in [2.05, 4.69) is 13.8 Å². The molecule has 0 aliphatic rings. The zero-order valence-corrected chi connectivity index (χ0v) is 11.1. The summed E-state index contributed by atoms with van der Waals surface area (Å²) < 4.78 is 0. The Morgan fingerprint density at radius 2 is 1.76 bits per heavy atom. The number of aliphatic hydroxyl groups is 2. The second kappa shape index (κ2) is 6.18. The van der Waals surface area contributed by atoms with Crippen LogP contribution in [0.15, 0.2) is 24.3 Å². The highest BCUT2D eigenvalue weighted by Crippen LogP contribution is 2.27. The third-order valence-electron chi connectivity index (χ3n) is 3.20. The Balaban J connectivity index is 2.61. The fraction of sp³-hybridized carbons (Fsp3) is 0.600. The van der Waals surface area contributed by atoms with E-state index in [-0.39, 0.29) is 6.61 Å². The molecular formula is C15H24O2. The molecule has 0 saturated heterocycles. The first-order valence-electron chi connectivity index (χ1n) is 6.38. The lowest BCUT2D eigenvalue weighted by atomic mass is 9.89. The predicted molar refractivity (Wildman–Crippen MR) is 70.6 cm³/mol. The van der Waals surface area contributed by atoms with E-state index in [1.165, 1.54) is 0 Å². The molecule has 1 unspecified atom stereocenters. The molecule has 0 radical (unpaired) electrons. The Morgan fingerprint density at radius 3 is 2.24 bits per heavy atom. The van der Waals surface area contributed by atoms with Gasteiger partial charge in [-0.15, -0.1) is 0 Å². The molecular weight excluding hydrogens is 212 g/mol. The summed E-state index contributed by atoms with van der Waals surface area (Å²) in [6, 6.07) is 7.54. The van der Waals surface area contributed by atoms with Crippen LogP contribution in [0.1, 0.15) is 51.2 Å². The first-order chi connectivity index (χ1) is 7.95. The maximum absolute atomic E-state index is 10.4. The maximum Gasteiger partial charge on any atom is 0.0868 e. The van der Waals surface area contributed by atoms with Crippen molar-refractivity contribution in [3.05, 3.63) is 35.4 Å². The molecule has 17 heavy (non-hydrogen) atoms. The first-order valence-corrected chi connectivity index (χ1v) is 6.38. The van der Waals surface area contributed by atoms with Crippen molar-refractivity contribution >= 4 is 0 Å². The molecule has 2 heteroatoms. The van der Waals surface area contributed by atoms with Gasteiger partial charge in [0.2, 0.25) is 0 Å². The number of aliphatic hydroxyl groups excluding tert-OH is 1. The summed E-state index contributed by atoms with van der Waals surface area (Å²) >= 11 is 0. The number of benzene rings is 1. The van der Waals surface area contributed by atoms with Gasteiger partial charge >= 0.3 is 0 Å². The van der Waals surface area contributed by atoms with Crippen molar-refractivity contribution in [1.29, 1.82) is 0 Å². The molecule has 1 atom stereocenters. The predicted octanol–water partition coefficient (Wildman–Crippen LogP) is 3.21. The normalized spacial score (nSPS) is 14.9. The van der Waals surface area contributed by atoms with Crippen LogP contribution in [0.2, 0.25) is 0 Å². The second-order valence-corrected chi connectivity index (χ2v) is 5.41. The molecule has 1 aromatic rings. The Bertz CT molecular complexity index is 325. The van der Waals surface area contributed by atoms with E-state index in [1.54, 1.807) is 0 Å². The summed E-state index contributed by atoms with van der Waals surface area (Å²) in [5.41, 5.74) is 1.05. The molecule has 1 aromatic carbocycles. The van der Waals surface area contributed by atoms with Crippen molar-refractivity contribution in [1.82, 2.24) is 0 Å². The van der Waals surface area contributed by atoms with Gasteiger partial charge in [0.15, 0.2) is 0 Å². The van der Waals surface area contributed by atoms with Gasteiger partial charge in [-0.2, -0.15) is 0 Å². The van der Waals surface area contributed by atoms with Crippen LogP contribution in [0.5, 0.6) is 0 Å². The molecule has 1 rings (SSSR count). The summed E-state index contributed by atoms with van der Waals surface area (Å²) in [4.78, 5) is 0. The van der Waals surface area contributed by atoms with Crippen molar-refractivity contribution in [2.75, 3.05) is 0 Å². The summed E-state index contributed by atoms with van der Waals surface area (Å²) in [5, 5.41) is 19.4. The molecule has 0 saturated carbocycles. The number of hydrogen-bond acceptors (Lipinski definition) is 2. The second-order valence-electron chi connectivity index (χ2n) is 5.41. The molecule has 0 aliphatic heterocycles. The minimum atomic E-state index is -0.761. The highest BCUT2D eigenvalue weighted by Gasteiger charge is 2.22. The van der Waals surface area contributed by atoms with Gasteiger partial charge in [-0.3, -0.25) is 0 Å². The number of hydrogen-bond donors (Lipinski definition) is 2. The highest BCUT2D eigenvalue weighted by molar-refractivity contribution is 5.26. The Morgan fingerprint density at radius 1 is 1.18 bits per heavy atom. The summed E-state index contributed by atoms with van der Waals surface area (Å²) in [6.07, 6.45) is 2.96. The Kier molecular flexibility index (Phi) is 5.16. The minimum Gasteiger partial charge on any atom is -0.392 e. The van der Waals surface area contributed by atoms with E-state index in [9.17, 15) is 5.11 Å². The molecule has 0 amide bonds. The van der Waals surface area contributed by atoms with E-state index in [0.717, 1.165) is 30.4 Å². The average Bonchev–Trinajstić information content (AvgIpc) is 2.28. The molecule has 2 N–H and O–H groups in total. The van der Waals surface area contributed by atoms with Crippen molar-refractivity contribution < 1.29 is 10.2 Å². The first kappa shape index (κ1) is 14.2. The maximum atomic E-state index is 10.4. The molecule has 96 valence electrons. The lowest BCUT2D eigenvalue weighted by Crippen LogP contribution is -2.21. The van der Waals surface area contributed by atoms with Crippen molar-refractivity contribution in [3.8, 4) is 0 Å². The third kappa shape index (κ3) is 4.49. The van der Waals surface area contributed by atoms with Crippen molar-refractivity contribution in [2.24, 2.45) is 5.92 Å². The van der Waals surface area contributed by atoms with Crippen LogP contribution < -0.4 is 0 Å². The largest absolute Gasteiger partial charge is 0.392 e. The summed E-state index contributed by atoms with van der Waals surface area (Å²) in [6.45, 7) is 6.31. The monoisotopic (exact) mass is 236 g/mol. The van der Waals surface area contributed by atoms with Gasteiger partial charge in [0.1, 0.15) is 0 Å². The fourth-order valence-electron chi connectivity index (χ4n) is 1.97. The van der Waals surface area contributed by atoms with Gasteiger partial charge < -0.3 is 10.2 Å². The van der Waals surface area contributed by atoms with Crippen LogP contribution in [0.3, 0.4) is 0 Å². The molecule has 0 aliphatic carbocycles. The topological polar surface area (TPSA) is 40.5 Å². The van der Waals surface area contributed by atoms with Gasteiger partial charge in [-0.1, -0.05) is 44.5 Å². The van der Waals surface area contributed by atoms with E-state index < -0.39 is 5.60 Å². The molecule has 2 nitrogen and oxygen atoms in total. The Labute approximate surface area is 104 Å². The molecule has 0 heterocycles. The smallest absolute Gasteiger partial charge is 0.0868 e. The highest BCUT2D eigenvalue weighted by atomic mass is 16.3. The summed E-state index contributed by atoms with van der Waals surface area (Å²) in [5.74, 6) is 0.683. The van der Waals surface area contributed by atoms with E-state index in [1.807, 2.05) is 31.2 Å². The van der Waals surface area contributed by atoms with E-state index >= 15 is 0 Å². The summed E-state index contributed by atoms with van der Waals surface area (Å²) in [7, 11) is 0. The van der Waals surface area contributed by atoms with Crippen LogP contribution >= 0.6 is 0 Å². The van der Waals surface area contributed by atoms with Crippen molar-refractivity contribution in [3.63, 3.8) is 0 Å². The SMILES string of the molecule is CC(C)CCCC(C)(O)c1ccc(CO)cc1. The zero-order chi connectivity index (χ0) is 12.9. The van der Waals surface area contributed by atoms with E-state index in [0.29, 0.717) is 5.92 Å². The lowest BCUT2D eigenvalue weighted by Gasteiger charge is -2.24. The van der Waals surface area contributed by atoms with Crippen molar-refractivity contribution in [2.45, 2.75) is 52.2 Å². The zero-order valence-electron chi connectivity index (χ0n) is 11.1. The fourth-order valence-corrected chi connectivity index (χ4v) is 1.97.